The number of ether oxygens (including phenoxy) is 2. The average Bonchev–Trinajstić information content (AvgIpc) is 3.61. The van der Waals surface area contributed by atoms with Gasteiger partial charge in [0.25, 0.3) is 0 Å². The van der Waals surface area contributed by atoms with Crippen molar-refractivity contribution >= 4 is 40.4 Å². The van der Waals surface area contributed by atoms with Gasteiger partial charge in [-0.05, 0) is 55.9 Å². The van der Waals surface area contributed by atoms with Gasteiger partial charge in [-0.2, -0.15) is 23.1 Å². The number of esters is 1. The van der Waals surface area contributed by atoms with Gasteiger partial charge in [0.2, 0.25) is 17.9 Å². The van der Waals surface area contributed by atoms with E-state index in [-0.39, 0.29) is 45.5 Å². The summed E-state index contributed by atoms with van der Waals surface area (Å²) in [7, 11) is 0. The Kier molecular flexibility index (Phi) is 8.01. The van der Waals surface area contributed by atoms with E-state index in [1.165, 1.54) is 30.6 Å². The zero-order chi connectivity index (χ0) is 31.1. The Morgan fingerprint density at radius 3 is 2.70 bits per heavy atom. The van der Waals surface area contributed by atoms with E-state index in [4.69, 9.17) is 26.8 Å². The Labute approximate surface area is 256 Å². The number of carbonyl (C=O) groups excluding carboxylic acids is 1. The van der Waals surface area contributed by atoms with Gasteiger partial charge in [0.1, 0.15) is 18.2 Å². The summed E-state index contributed by atoms with van der Waals surface area (Å²) in [6.45, 7) is 3.94. The highest BCUT2D eigenvalue weighted by Gasteiger charge is 2.46. The summed E-state index contributed by atoms with van der Waals surface area (Å²) >= 11 is 6.25. The molecule has 44 heavy (non-hydrogen) atoms. The SMILES string of the molecule is CCOC(=O)C1CC2(CCN(c3cc(O[C@H](c4ccc(Cl)cc4-n4cnc5ccccc54)C(F)(F)F)nc(N)n3)CC2)CN1. The second-order valence-corrected chi connectivity index (χ2v) is 11.6. The highest BCUT2D eigenvalue weighted by Crippen LogP contribution is 2.43. The number of para-hydroxylation sites is 2. The van der Waals surface area contributed by atoms with Gasteiger partial charge >= 0.3 is 12.1 Å². The van der Waals surface area contributed by atoms with Crippen LogP contribution in [0.3, 0.4) is 0 Å². The molecule has 0 bridgehead atoms. The third-order valence-corrected chi connectivity index (χ3v) is 8.55. The number of alkyl halides is 3. The second kappa shape index (κ2) is 11.8. The number of anilines is 2. The minimum absolute atomic E-state index is 0.0737. The highest BCUT2D eigenvalue weighted by atomic mass is 35.5. The number of rotatable bonds is 7. The molecule has 14 heteroatoms. The minimum Gasteiger partial charge on any atom is -0.465 e. The molecule has 2 saturated heterocycles. The summed E-state index contributed by atoms with van der Waals surface area (Å²) in [4.78, 5) is 26.8. The maximum absolute atomic E-state index is 14.7. The van der Waals surface area contributed by atoms with Crippen molar-refractivity contribution in [1.82, 2.24) is 24.8 Å². The molecule has 2 aliphatic rings. The second-order valence-electron chi connectivity index (χ2n) is 11.1. The Bertz CT molecular complexity index is 1670. The van der Waals surface area contributed by atoms with E-state index >= 15 is 0 Å². The Morgan fingerprint density at radius 1 is 1.18 bits per heavy atom. The molecule has 1 unspecified atom stereocenters. The van der Waals surface area contributed by atoms with Crippen LogP contribution >= 0.6 is 11.6 Å². The van der Waals surface area contributed by atoms with Gasteiger partial charge in [0.05, 0.1) is 23.3 Å². The summed E-state index contributed by atoms with van der Waals surface area (Å²) in [5.74, 6) is -0.397. The molecule has 232 valence electrons. The number of fused-ring (bicyclic) bond motifs is 1. The van der Waals surface area contributed by atoms with Crippen molar-refractivity contribution in [3.8, 4) is 11.6 Å². The van der Waals surface area contributed by atoms with Gasteiger partial charge in [-0.15, -0.1) is 0 Å². The first-order valence-corrected chi connectivity index (χ1v) is 14.7. The molecule has 0 amide bonds. The third-order valence-electron chi connectivity index (χ3n) is 8.31. The first-order chi connectivity index (χ1) is 21.0. The molecule has 2 aromatic heterocycles. The molecule has 0 aliphatic carbocycles. The molecule has 4 heterocycles. The molecule has 2 aliphatic heterocycles. The Balaban J connectivity index is 1.25. The van der Waals surface area contributed by atoms with Crippen LogP contribution in [0.1, 0.15) is 37.9 Å². The number of imidazole rings is 1. The van der Waals surface area contributed by atoms with Gasteiger partial charge < -0.3 is 25.4 Å². The van der Waals surface area contributed by atoms with Crippen molar-refractivity contribution in [3.63, 3.8) is 0 Å². The van der Waals surface area contributed by atoms with Crippen LogP contribution in [0.5, 0.6) is 5.88 Å². The molecular formula is C30H31ClF3N7O3. The van der Waals surface area contributed by atoms with Crippen molar-refractivity contribution < 1.29 is 27.4 Å². The summed E-state index contributed by atoms with van der Waals surface area (Å²) in [6, 6.07) is 12.3. The van der Waals surface area contributed by atoms with Crippen molar-refractivity contribution in [2.45, 2.75) is 44.5 Å². The maximum atomic E-state index is 14.7. The fourth-order valence-electron chi connectivity index (χ4n) is 6.10. The largest absolute Gasteiger partial charge is 0.465 e. The lowest BCUT2D eigenvalue weighted by Crippen LogP contribution is -2.41. The molecule has 10 nitrogen and oxygen atoms in total. The summed E-state index contributed by atoms with van der Waals surface area (Å²) < 4.78 is 56.4. The lowest BCUT2D eigenvalue weighted by molar-refractivity contribution is -0.198. The van der Waals surface area contributed by atoms with Gasteiger partial charge in [0, 0.05) is 36.3 Å². The van der Waals surface area contributed by atoms with Crippen LogP contribution in [0, 0.1) is 5.41 Å². The number of nitrogen functional groups attached to an aromatic ring is 1. The van der Waals surface area contributed by atoms with Gasteiger partial charge in [-0.3, -0.25) is 9.36 Å². The molecule has 1 spiro atoms. The number of hydrogen-bond acceptors (Lipinski definition) is 9. The van der Waals surface area contributed by atoms with E-state index in [9.17, 15) is 18.0 Å². The van der Waals surface area contributed by atoms with E-state index in [2.05, 4.69) is 20.3 Å². The van der Waals surface area contributed by atoms with Gasteiger partial charge in [-0.1, -0.05) is 29.8 Å². The van der Waals surface area contributed by atoms with Crippen molar-refractivity contribution in [2.24, 2.45) is 5.41 Å². The molecule has 2 atom stereocenters. The lowest BCUT2D eigenvalue weighted by Gasteiger charge is -2.39. The Hall–Kier alpha value is -4.10. The number of benzene rings is 2. The van der Waals surface area contributed by atoms with Crippen molar-refractivity contribution in [2.75, 3.05) is 36.9 Å². The molecule has 2 fully saturated rings. The number of nitrogens with two attached hydrogens (primary N) is 1. The van der Waals surface area contributed by atoms with E-state index in [0.717, 1.165) is 12.8 Å². The van der Waals surface area contributed by atoms with Crippen molar-refractivity contribution in [1.29, 1.82) is 0 Å². The predicted molar refractivity (Wildman–Crippen MR) is 159 cm³/mol. The zero-order valence-corrected chi connectivity index (χ0v) is 24.6. The van der Waals surface area contributed by atoms with Crippen molar-refractivity contribution in [3.05, 3.63) is 65.4 Å². The molecule has 0 radical (unpaired) electrons. The van der Waals surface area contributed by atoms with Crippen LogP contribution in [-0.4, -0.2) is 63.9 Å². The minimum atomic E-state index is -4.82. The van der Waals surface area contributed by atoms with E-state index in [1.54, 1.807) is 35.8 Å². The Morgan fingerprint density at radius 2 is 1.95 bits per heavy atom. The smallest absolute Gasteiger partial charge is 0.429 e. The summed E-state index contributed by atoms with van der Waals surface area (Å²) in [5, 5.41) is 3.53. The number of hydrogen-bond donors (Lipinski definition) is 2. The van der Waals surface area contributed by atoms with Crippen LogP contribution in [0.15, 0.2) is 54.9 Å². The number of nitrogens with one attached hydrogen (secondary N) is 1. The molecule has 2 aromatic carbocycles. The number of piperidine rings is 1. The van der Waals surface area contributed by atoms with Crippen LogP contribution in [-0.2, 0) is 9.53 Å². The fourth-order valence-corrected chi connectivity index (χ4v) is 6.26. The summed E-state index contributed by atoms with van der Waals surface area (Å²) in [6.07, 6.45) is -3.58. The zero-order valence-electron chi connectivity index (χ0n) is 23.9. The quantitative estimate of drug-likeness (QED) is 0.264. The molecule has 3 N–H and O–H groups in total. The maximum Gasteiger partial charge on any atom is 0.429 e. The van der Waals surface area contributed by atoms with Gasteiger partial charge in [0.15, 0.2) is 0 Å². The monoisotopic (exact) mass is 629 g/mol. The normalized spacial score (nSPS) is 18.9. The fraction of sp³-hybridized carbons (Fsp3) is 0.400. The number of aromatic nitrogens is 4. The highest BCUT2D eigenvalue weighted by molar-refractivity contribution is 6.30. The number of halogens is 4. The standard InChI is InChI=1S/C30H31ClF3N7O3/c1-2-43-27(42)21-15-29(16-36-21)9-11-40(12-10-29)24-14-25(39-28(35)38-24)44-26(30(32,33)34)19-8-7-18(31)13-23(19)41-17-37-20-5-3-4-6-22(20)41/h3-8,13-14,17,21,26,36H,2,9-12,15-16H2,1H3,(H2,35,38,39)/t21?,26-/m1/s1. The van der Waals surface area contributed by atoms with Crippen LogP contribution in [0.4, 0.5) is 24.9 Å². The molecule has 0 saturated carbocycles. The van der Waals surface area contributed by atoms with E-state index in [1.807, 2.05) is 4.90 Å². The molecule has 4 aromatic rings. The van der Waals surface area contributed by atoms with Crippen LogP contribution in [0.2, 0.25) is 5.02 Å². The number of carbonyl (C=O) groups is 1. The topological polar surface area (TPSA) is 120 Å². The lowest BCUT2D eigenvalue weighted by atomic mass is 9.76. The van der Waals surface area contributed by atoms with E-state index in [0.29, 0.717) is 49.5 Å². The first kappa shape index (κ1) is 29.9. The van der Waals surface area contributed by atoms with E-state index < -0.39 is 12.3 Å². The summed E-state index contributed by atoms with van der Waals surface area (Å²) in [5.41, 5.74) is 7.12. The molecule has 6 rings (SSSR count). The first-order valence-electron chi connectivity index (χ1n) is 14.3. The van der Waals surface area contributed by atoms with Crippen LogP contribution in [0.25, 0.3) is 16.7 Å². The third kappa shape index (κ3) is 5.98. The predicted octanol–water partition coefficient (Wildman–Crippen LogP) is 5.25. The number of nitrogens with zero attached hydrogens (tertiary/aromatic N) is 5. The van der Waals surface area contributed by atoms with Crippen LogP contribution < -0.4 is 20.7 Å². The molecular weight excluding hydrogens is 599 g/mol. The van der Waals surface area contributed by atoms with Gasteiger partial charge in [-0.25, -0.2) is 4.98 Å². The average molecular weight is 630 g/mol.